The predicted octanol–water partition coefficient (Wildman–Crippen LogP) is 0.942. The Kier molecular flexibility index (Phi) is 2.49. The third-order valence-corrected chi connectivity index (χ3v) is 2.55. The zero-order valence-corrected chi connectivity index (χ0v) is 9.46. The summed E-state index contributed by atoms with van der Waals surface area (Å²) >= 11 is 0. The van der Waals surface area contributed by atoms with E-state index in [9.17, 15) is 0 Å². The van der Waals surface area contributed by atoms with Crippen LogP contribution in [-0.4, -0.2) is 25.4 Å². The maximum absolute atomic E-state index is 5.68. The van der Waals surface area contributed by atoms with Gasteiger partial charge in [-0.2, -0.15) is 5.10 Å². The van der Waals surface area contributed by atoms with Crippen molar-refractivity contribution in [2.24, 2.45) is 0 Å². The number of benzene rings is 1. The number of hydrogen-bond acceptors (Lipinski definition) is 6. The molecule has 0 aliphatic rings. The molecule has 0 bridgehead atoms. The average molecular weight is 241 g/mol. The average Bonchev–Trinajstić information content (AvgIpc) is 2.82. The molecule has 3 rings (SSSR count). The van der Waals surface area contributed by atoms with E-state index in [0.717, 1.165) is 16.6 Å². The summed E-state index contributed by atoms with van der Waals surface area (Å²) < 4.78 is 0. The molecule has 3 aromatic rings. The molecule has 7 nitrogen and oxygen atoms in total. The Morgan fingerprint density at radius 2 is 2.00 bits per heavy atom. The third kappa shape index (κ3) is 1.93. The molecule has 0 radical (unpaired) electrons. The number of anilines is 2. The fraction of sp³-hybridized carbons (Fsp3) is 0.0909. The van der Waals surface area contributed by atoms with Crippen molar-refractivity contribution >= 4 is 22.8 Å². The lowest BCUT2D eigenvalue weighted by atomic mass is 10.3. The van der Waals surface area contributed by atoms with Gasteiger partial charge in [0.1, 0.15) is 11.3 Å². The third-order valence-electron chi connectivity index (χ3n) is 2.55. The smallest absolute Gasteiger partial charge is 0.243 e. The van der Waals surface area contributed by atoms with Gasteiger partial charge in [-0.15, -0.1) is 10.2 Å². The van der Waals surface area contributed by atoms with E-state index in [1.165, 1.54) is 0 Å². The number of aromatic amines is 1. The van der Waals surface area contributed by atoms with Crippen LogP contribution in [0.1, 0.15) is 5.56 Å². The van der Waals surface area contributed by atoms with Crippen LogP contribution in [0, 0.1) is 0 Å². The molecule has 1 aromatic carbocycles. The number of nitrogen functional groups attached to an aromatic ring is 1. The lowest BCUT2D eigenvalue weighted by Crippen LogP contribution is -2.05. The van der Waals surface area contributed by atoms with E-state index >= 15 is 0 Å². The molecule has 2 aromatic heterocycles. The first-order valence-electron chi connectivity index (χ1n) is 5.44. The van der Waals surface area contributed by atoms with E-state index in [2.05, 4.69) is 30.7 Å². The Bertz CT molecular complexity index is 676. The van der Waals surface area contributed by atoms with Crippen molar-refractivity contribution in [3.8, 4) is 0 Å². The van der Waals surface area contributed by atoms with E-state index in [-0.39, 0.29) is 0 Å². The second kappa shape index (κ2) is 4.28. The number of nitrogens with one attached hydrogen (secondary N) is 2. The molecule has 0 fully saturated rings. The summed E-state index contributed by atoms with van der Waals surface area (Å²) in [5, 5.41) is 17.6. The first-order valence-corrected chi connectivity index (χ1v) is 5.44. The predicted molar refractivity (Wildman–Crippen MR) is 67.7 cm³/mol. The van der Waals surface area contributed by atoms with Gasteiger partial charge in [0.05, 0.1) is 11.7 Å². The Morgan fingerprint density at radius 3 is 2.78 bits per heavy atom. The Hall–Kier alpha value is -2.70. The van der Waals surface area contributed by atoms with Crippen molar-refractivity contribution < 1.29 is 0 Å². The lowest BCUT2D eigenvalue weighted by Gasteiger charge is -2.03. The van der Waals surface area contributed by atoms with Crippen LogP contribution in [0.5, 0.6) is 0 Å². The van der Waals surface area contributed by atoms with E-state index in [4.69, 9.17) is 5.73 Å². The highest BCUT2D eigenvalue weighted by Gasteiger charge is 2.03. The standard InChI is InChI=1S/C11H11N7/c12-10-7(6-14-17-10)5-13-11-15-8-3-1-2-4-9(8)16-18-11/h1-4,6H,5H2,(H3,12,14,17)(H,13,15,18). The zero-order chi connectivity index (χ0) is 12.4. The van der Waals surface area contributed by atoms with Crippen molar-refractivity contribution in [1.82, 2.24) is 25.4 Å². The van der Waals surface area contributed by atoms with Gasteiger partial charge in [0.2, 0.25) is 5.95 Å². The van der Waals surface area contributed by atoms with Crippen LogP contribution in [0.4, 0.5) is 11.8 Å². The number of para-hydroxylation sites is 1. The molecular weight excluding hydrogens is 230 g/mol. The molecule has 7 heteroatoms. The van der Waals surface area contributed by atoms with Crippen LogP contribution < -0.4 is 11.1 Å². The van der Waals surface area contributed by atoms with E-state index in [0.29, 0.717) is 18.3 Å². The van der Waals surface area contributed by atoms with Crippen molar-refractivity contribution in [3.63, 3.8) is 0 Å². The lowest BCUT2D eigenvalue weighted by molar-refractivity contribution is 0.985. The van der Waals surface area contributed by atoms with Crippen LogP contribution in [0.15, 0.2) is 30.5 Å². The summed E-state index contributed by atoms with van der Waals surface area (Å²) in [6.07, 6.45) is 1.66. The molecule has 4 N–H and O–H groups in total. The molecule has 0 spiro atoms. The molecule has 0 saturated carbocycles. The first-order chi connectivity index (χ1) is 8.83. The Balaban J connectivity index is 1.81. The summed E-state index contributed by atoms with van der Waals surface area (Å²) in [6.45, 7) is 0.502. The molecular formula is C11H11N7. The minimum absolute atomic E-state index is 0.467. The highest BCUT2D eigenvalue weighted by atomic mass is 15.2. The minimum Gasteiger partial charge on any atom is -0.384 e. The molecule has 90 valence electrons. The van der Waals surface area contributed by atoms with Gasteiger partial charge in [-0.3, -0.25) is 5.10 Å². The van der Waals surface area contributed by atoms with Crippen LogP contribution >= 0.6 is 0 Å². The number of nitrogens with zero attached hydrogens (tertiary/aromatic N) is 4. The largest absolute Gasteiger partial charge is 0.384 e. The van der Waals surface area contributed by atoms with Gasteiger partial charge in [-0.1, -0.05) is 12.1 Å². The van der Waals surface area contributed by atoms with Gasteiger partial charge in [0.25, 0.3) is 0 Å². The van der Waals surface area contributed by atoms with Crippen molar-refractivity contribution in [3.05, 3.63) is 36.0 Å². The van der Waals surface area contributed by atoms with E-state index in [1.807, 2.05) is 24.3 Å². The summed E-state index contributed by atoms with van der Waals surface area (Å²) in [5.41, 5.74) is 8.12. The Morgan fingerprint density at radius 1 is 1.17 bits per heavy atom. The number of rotatable bonds is 3. The van der Waals surface area contributed by atoms with Crippen LogP contribution in [0.25, 0.3) is 11.0 Å². The van der Waals surface area contributed by atoms with Gasteiger partial charge in [0.15, 0.2) is 0 Å². The minimum atomic E-state index is 0.467. The molecule has 0 aliphatic carbocycles. The SMILES string of the molecule is Nc1[nH]ncc1CNc1nnc2ccccc2n1. The van der Waals surface area contributed by atoms with Crippen molar-refractivity contribution in [2.75, 3.05) is 11.1 Å². The van der Waals surface area contributed by atoms with Crippen molar-refractivity contribution in [2.45, 2.75) is 6.54 Å². The zero-order valence-electron chi connectivity index (χ0n) is 9.46. The summed E-state index contributed by atoms with van der Waals surface area (Å²) in [4.78, 5) is 4.35. The second-order valence-corrected chi connectivity index (χ2v) is 3.79. The maximum Gasteiger partial charge on any atom is 0.243 e. The molecule has 0 unspecified atom stereocenters. The quantitative estimate of drug-likeness (QED) is 0.630. The molecule has 0 atom stereocenters. The number of hydrogen-bond donors (Lipinski definition) is 3. The number of aromatic nitrogens is 5. The topological polar surface area (TPSA) is 105 Å². The van der Waals surface area contributed by atoms with Gasteiger partial charge in [-0.05, 0) is 12.1 Å². The second-order valence-electron chi connectivity index (χ2n) is 3.79. The highest BCUT2D eigenvalue weighted by molar-refractivity contribution is 5.74. The molecule has 2 heterocycles. The number of H-pyrrole nitrogens is 1. The van der Waals surface area contributed by atoms with Gasteiger partial charge in [0, 0.05) is 12.1 Å². The van der Waals surface area contributed by atoms with Gasteiger partial charge < -0.3 is 11.1 Å². The van der Waals surface area contributed by atoms with Gasteiger partial charge >= 0.3 is 0 Å². The molecule has 18 heavy (non-hydrogen) atoms. The maximum atomic E-state index is 5.68. The number of fused-ring (bicyclic) bond motifs is 1. The first kappa shape index (κ1) is 10.5. The van der Waals surface area contributed by atoms with E-state index in [1.54, 1.807) is 6.20 Å². The fourth-order valence-corrected chi connectivity index (χ4v) is 1.59. The normalized spacial score (nSPS) is 10.7. The van der Waals surface area contributed by atoms with Crippen LogP contribution in [0.2, 0.25) is 0 Å². The summed E-state index contributed by atoms with van der Waals surface area (Å²) in [6, 6.07) is 7.57. The molecule has 0 saturated heterocycles. The highest BCUT2D eigenvalue weighted by Crippen LogP contribution is 2.11. The Labute approximate surface area is 102 Å². The van der Waals surface area contributed by atoms with Crippen molar-refractivity contribution in [1.29, 1.82) is 0 Å². The van der Waals surface area contributed by atoms with Crippen LogP contribution in [-0.2, 0) is 6.54 Å². The number of nitrogens with two attached hydrogens (primary N) is 1. The fourth-order valence-electron chi connectivity index (χ4n) is 1.59. The summed E-state index contributed by atoms with van der Waals surface area (Å²) in [7, 11) is 0. The van der Waals surface area contributed by atoms with Gasteiger partial charge in [-0.25, -0.2) is 4.98 Å². The monoisotopic (exact) mass is 241 g/mol. The molecule has 0 aliphatic heterocycles. The van der Waals surface area contributed by atoms with Crippen LogP contribution in [0.3, 0.4) is 0 Å². The van der Waals surface area contributed by atoms with E-state index < -0.39 is 0 Å². The molecule has 0 amide bonds. The summed E-state index contributed by atoms with van der Waals surface area (Å²) in [5.74, 6) is 1.01.